The molecule has 1 heterocycles. The molecule has 0 aromatic heterocycles. The molecule has 0 saturated heterocycles. The molecule has 0 aliphatic carbocycles. The summed E-state index contributed by atoms with van der Waals surface area (Å²) in [5, 5.41) is 2.46. The summed E-state index contributed by atoms with van der Waals surface area (Å²) >= 11 is 3.15. The third kappa shape index (κ3) is 2.90. The molecular formula is C17H12BrFN2O2. The van der Waals surface area contributed by atoms with Crippen LogP contribution < -0.4 is 5.32 Å². The fraction of sp³-hybridized carbons (Fsp3) is 0.0588. The molecule has 1 aliphatic heterocycles. The molecule has 4 nitrogen and oxygen atoms in total. The van der Waals surface area contributed by atoms with E-state index in [-0.39, 0.29) is 18.1 Å². The number of benzene rings is 2. The molecule has 3 rings (SSSR count). The van der Waals surface area contributed by atoms with E-state index >= 15 is 0 Å². The maximum Gasteiger partial charge on any atom is 0.259 e. The predicted molar refractivity (Wildman–Crippen MR) is 89.2 cm³/mol. The lowest BCUT2D eigenvalue weighted by molar-refractivity contribution is -0.116. The lowest BCUT2D eigenvalue weighted by atomic mass is 10.1. The Morgan fingerprint density at radius 2 is 1.91 bits per heavy atom. The van der Waals surface area contributed by atoms with Crippen LogP contribution in [0.5, 0.6) is 0 Å². The second-order valence-electron chi connectivity index (χ2n) is 5.06. The van der Waals surface area contributed by atoms with Gasteiger partial charge < -0.3 is 5.32 Å². The molecule has 1 aliphatic rings. The number of fused-ring (bicyclic) bond motifs is 1. The lowest BCUT2D eigenvalue weighted by Crippen LogP contribution is -2.32. The van der Waals surface area contributed by atoms with Gasteiger partial charge in [0.2, 0.25) is 5.91 Å². The number of rotatable bonds is 3. The molecule has 0 saturated carbocycles. The average Bonchev–Trinajstić information content (AvgIpc) is 2.76. The second kappa shape index (κ2) is 5.96. The maximum absolute atomic E-state index is 13.7. The van der Waals surface area contributed by atoms with Crippen molar-refractivity contribution >= 4 is 39.1 Å². The standard InChI is InChI=1S/C17H12BrFN2O2/c1-10-12-4-2-3-5-13(12)17(23)21(10)9-16(22)20-15-7-6-11(18)8-14(15)19/h2-8H,1,9H2,(H,20,22). The van der Waals surface area contributed by atoms with Crippen LogP contribution >= 0.6 is 15.9 Å². The van der Waals surface area contributed by atoms with E-state index in [9.17, 15) is 14.0 Å². The number of hydrogen-bond donors (Lipinski definition) is 1. The van der Waals surface area contributed by atoms with Gasteiger partial charge in [-0.05, 0) is 24.3 Å². The Bertz CT molecular complexity index is 800. The summed E-state index contributed by atoms with van der Waals surface area (Å²) in [6, 6.07) is 11.4. The summed E-state index contributed by atoms with van der Waals surface area (Å²) in [5.74, 6) is -1.33. The van der Waals surface area contributed by atoms with Gasteiger partial charge >= 0.3 is 0 Å². The molecule has 0 bridgehead atoms. The number of carbonyl (C=O) groups excluding carboxylic acids is 2. The van der Waals surface area contributed by atoms with E-state index in [0.717, 1.165) is 0 Å². The van der Waals surface area contributed by atoms with Gasteiger partial charge in [0, 0.05) is 21.3 Å². The number of halogens is 2. The van der Waals surface area contributed by atoms with Crippen molar-refractivity contribution in [3.63, 3.8) is 0 Å². The fourth-order valence-electron chi connectivity index (χ4n) is 2.43. The number of amides is 2. The molecule has 6 heteroatoms. The van der Waals surface area contributed by atoms with Crippen LogP contribution in [0.25, 0.3) is 5.70 Å². The first kappa shape index (κ1) is 15.4. The molecular weight excluding hydrogens is 363 g/mol. The molecule has 0 atom stereocenters. The van der Waals surface area contributed by atoms with E-state index in [1.807, 2.05) is 0 Å². The first-order chi connectivity index (χ1) is 11.0. The van der Waals surface area contributed by atoms with Crippen LogP contribution in [0.4, 0.5) is 10.1 Å². The van der Waals surface area contributed by atoms with Crippen molar-refractivity contribution < 1.29 is 14.0 Å². The molecule has 116 valence electrons. The molecule has 2 aromatic carbocycles. The average molecular weight is 375 g/mol. The van der Waals surface area contributed by atoms with E-state index in [2.05, 4.69) is 27.8 Å². The Hall–Kier alpha value is -2.47. The Labute approximate surface area is 140 Å². The van der Waals surface area contributed by atoms with E-state index in [0.29, 0.717) is 21.3 Å². The van der Waals surface area contributed by atoms with Gasteiger partial charge in [0.25, 0.3) is 5.91 Å². The molecule has 0 fully saturated rings. The number of hydrogen-bond acceptors (Lipinski definition) is 2. The van der Waals surface area contributed by atoms with Gasteiger partial charge in [0.05, 0.1) is 5.69 Å². The minimum atomic E-state index is -0.553. The van der Waals surface area contributed by atoms with Crippen molar-refractivity contribution in [3.05, 3.63) is 70.5 Å². The maximum atomic E-state index is 13.7. The molecule has 2 amide bonds. The SMILES string of the molecule is C=C1c2ccccc2C(=O)N1CC(=O)Nc1ccc(Br)cc1F. The Morgan fingerprint density at radius 1 is 1.22 bits per heavy atom. The molecule has 0 unspecified atom stereocenters. The molecule has 1 N–H and O–H groups in total. The normalized spacial score (nSPS) is 13.2. The summed E-state index contributed by atoms with van der Waals surface area (Å²) in [6.45, 7) is 3.64. The van der Waals surface area contributed by atoms with Crippen molar-refractivity contribution in [1.82, 2.24) is 4.90 Å². The van der Waals surface area contributed by atoms with Crippen LogP contribution in [0.2, 0.25) is 0 Å². The van der Waals surface area contributed by atoms with Crippen molar-refractivity contribution in [2.75, 3.05) is 11.9 Å². The largest absolute Gasteiger partial charge is 0.322 e. The van der Waals surface area contributed by atoms with Crippen LogP contribution in [0.15, 0.2) is 53.5 Å². The summed E-state index contributed by atoms with van der Waals surface area (Å²) in [5.41, 5.74) is 1.75. The fourth-order valence-corrected chi connectivity index (χ4v) is 2.76. The molecule has 0 radical (unpaired) electrons. The van der Waals surface area contributed by atoms with E-state index in [1.165, 1.54) is 17.0 Å². The third-order valence-electron chi connectivity index (χ3n) is 3.55. The lowest BCUT2D eigenvalue weighted by Gasteiger charge is -2.17. The Kier molecular flexibility index (Phi) is 4.00. The zero-order chi connectivity index (χ0) is 16.6. The Balaban J connectivity index is 1.74. The number of carbonyl (C=O) groups is 2. The van der Waals surface area contributed by atoms with Crippen LogP contribution in [0.1, 0.15) is 15.9 Å². The van der Waals surface area contributed by atoms with Crippen LogP contribution in [0, 0.1) is 5.82 Å². The minimum absolute atomic E-state index is 0.0629. The summed E-state index contributed by atoms with van der Waals surface area (Å²) in [4.78, 5) is 25.7. The summed E-state index contributed by atoms with van der Waals surface area (Å²) < 4.78 is 14.3. The first-order valence-corrected chi connectivity index (χ1v) is 7.62. The summed E-state index contributed by atoms with van der Waals surface area (Å²) in [7, 11) is 0. The highest BCUT2D eigenvalue weighted by Gasteiger charge is 2.31. The Morgan fingerprint density at radius 3 is 2.57 bits per heavy atom. The second-order valence-corrected chi connectivity index (χ2v) is 5.97. The highest BCUT2D eigenvalue weighted by molar-refractivity contribution is 9.10. The van der Waals surface area contributed by atoms with Gasteiger partial charge in [-0.2, -0.15) is 0 Å². The van der Waals surface area contributed by atoms with Gasteiger partial charge in [-0.25, -0.2) is 4.39 Å². The van der Waals surface area contributed by atoms with E-state index < -0.39 is 11.7 Å². The number of anilines is 1. The topological polar surface area (TPSA) is 49.4 Å². The van der Waals surface area contributed by atoms with Gasteiger partial charge in [0.1, 0.15) is 12.4 Å². The zero-order valence-electron chi connectivity index (χ0n) is 12.0. The van der Waals surface area contributed by atoms with Crippen molar-refractivity contribution in [2.24, 2.45) is 0 Å². The molecule has 2 aromatic rings. The summed E-state index contributed by atoms with van der Waals surface area (Å²) in [6.07, 6.45) is 0. The predicted octanol–water partition coefficient (Wildman–Crippen LogP) is 3.65. The van der Waals surface area contributed by atoms with E-state index in [4.69, 9.17) is 0 Å². The quantitative estimate of drug-likeness (QED) is 0.891. The smallest absolute Gasteiger partial charge is 0.259 e. The van der Waals surface area contributed by atoms with Gasteiger partial charge in [0.15, 0.2) is 0 Å². The monoisotopic (exact) mass is 374 g/mol. The van der Waals surface area contributed by atoms with Crippen LogP contribution in [-0.2, 0) is 4.79 Å². The first-order valence-electron chi connectivity index (χ1n) is 6.82. The molecule has 23 heavy (non-hydrogen) atoms. The van der Waals surface area contributed by atoms with Crippen molar-refractivity contribution in [1.29, 1.82) is 0 Å². The van der Waals surface area contributed by atoms with Crippen LogP contribution in [-0.4, -0.2) is 23.3 Å². The van der Waals surface area contributed by atoms with Gasteiger partial charge in [-0.1, -0.05) is 40.7 Å². The van der Waals surface area contributed by atoms with Crippen molar-refractivity contribution in [3.8, 4) is 0 Å². The van der Waals surface area contributed by atoms with Crippen LogP contribution in [0.3, 0.4) is 0 Å². The van der Waals surface area contributed by atoms with E-state index in [1.54, 1.807) is 30.3 Å². The van der Waals surface area contributed by atoms with Gasteiger partial charge in [-0.3, -0.25) is 14.5 Å². The third-order valence-corrected chi connectivity index (χ3v) is 4.04. The van der Waals surface area contributed by atoms with Gasteiger partial charge in [-0.15, -0.1) is 0 Å². The number of nitrogens with zero attached hydrogens (tertiary/aromatic N) is 1. The van der Waals surface area contributed by atoms with Crippen molar-refractivity contribution in [2.45, 2.75) is 0 Å². The number of nitrogens with one attached hydrogen (secondary N) is 1. The highest BCUT2D eigenvalue weighted by atomic mass is 79.9. The highest BCUT2D eigenvalue weighted by Crippen LogP contribution is 2.30. The minimum Gasteiger partial charge on any atom is -0.322 e. The zero-order valence-corrected chi connectivity index (χ0v) is 13.6. The molecule has 0 spiro atoms.